The maximum Gasteiger partial charge on any atom is 0.237 e. The van der Waals surface area contributed by atoms with Gasteiger partial charge in [-0.15, -0.1) is 16.8 Å². The number of amides is 1. The van der Waals surface area contributed by atoms with Crippen LogP contribution in [0.15, 0.2) is 66.3 Å². The van der Waals surface area contributed by atoms with E-state index in [0.717, 1.165) is 0 Å². The summed E-state index contributed by atoms with van der Waals surface area (Å²) in [6.07, 6.45) is 1.67. The number of benzene rings is 2. The Labute approximate surface area is 171 Å². The predicted molar refractivity (Wildman–Crippen MR) is 111 cm³/mol. The minimum absolute atomic E-state index is 0.223. The quantitative estimate of drug-likeness (QED) is 0.433. The van der Waals surface area contributed by atoms with Crippen molar-refractivity contribution < 1.29 is 9.18 Å². The van der Waals surface area contributed by atoms with Gasteiger partial charge in [0.05, 0.1) is 21.5 Å². The van der Waals surface area contributed by atoms with Crippen LogP contribution in [0.1, 0.15) is 6.92 Å². The zero-order valence-corrected chi connectivity index (χ0v) is 16.7. The van der Waals surface area contributed by atoms with Crippen molar-refractivity contribution in [3.05, 3.63) is 72.0 Å². The summed E-state index contributed by atoms with van der Waals surface area (Å²) < 4.78 is 15.9. The van der Waals surface area contributed by atoms with Crippen molar-refractivity contribution in [3.63, 3.8) is 0 Å². The van der Waals surface area contributed by atoms with Gasteiger partial charge in [0, 0.05) is 6.54 Å². The fourth-order valence-electron chi connectivity index (χ4n) is 2.52. The summed E-state index contributed by atoms with van der Waals surface area (Å²) in [4.78, 5) is 12.5. The van der Waals surface area contributed by atoms with Crippen molar-refractivity contribution in [1.82, 2.24) is 14.8 Å². The molecule has 0 bridgehead atoms. The van der Waals surface area contributed by atoms with Crippen LogP contribution in [-0.2, 0) is 11.3 Å². The van der Waals surface area contributed by atoms with Gasteiger partial charge in [-0.2, -0.15) is 0 Å². The van der Waals surface area contributed by atoms with E-state index >= 15 is 0 Å². The number of carbonyl (C=O) groups is 1. The number of hydrogen-bond acceptors (Lipinski definition) is 4. The molecular weight excluding hydrogens is 399 g/mol. The van der Waals surface area contributed by atoms with E-state index in [-0.39, 0.29) is 11.7 Å². The maximum atomic E-state index is 14.2. The Morgan fingerprint density at radius 2 is 2.00 bits per heavy atom. The van der Waals surface area contributed by atoms with Crippen molar-refractivity contribution in [3.8, 4) is 11.4 Å². The van der Waals surface area contributed by atoms with Gasteiger partial charge in [0.25, 0.3) is 0 Å². The number of anilines is 1. The van der Waals surface area contributed by atoms with E-state index in [1.54, 1.807) is 60.0 Å². The minimum Gasteiger partial charge on any atom is -0.324 e. The fraction of sp³-hybridized carbons (Fsp3) is 0.150. The Bertz CT molecular complexity index is 1010. The van der Waals surface area contributed by atoms with Gasteiger partial charge in [-0.3, -0.25) is 9.36 Å². The van der Waals surface area contributed by atoms with E-state index < -0.39 is 5.25 Å². The first-order chi connectivity index (χ1) is 13.5. The van der Waals surface area contributed by atoms with Gasteiger partial charge in [-0.25, -0.2) is 4.39 Å². The molecule has 1 N–H and O–H groups in total. The monoisotopic (exact) mass is 416 g/mol. The van der Waals surface area contributed by atoms with Crippen molar-refractivity contribution in [2.75, 3.05) is 5.32 Å². The molecule has 1 amide bonds. The Morgan fingerprint density at radius 3 is 2.71 bits per heavy atom. The molecule has 1 aromatic heterocycles. The molecule has 0 saturated carbocycles. The number of nitrogens with zero attached hydrogens (tertiary/aromatic N) is 3. The van der Waals surface area contributed by atoms with Crippen molar-refractivity contribution in [2.45, 2.75) is 23.9 Å². The molecule has 28 heavy (non-hydrogen) atoms. The number of nitrogens with one attached hydrogen (secondary N) is 1. The van der Waals surface area contributed by atoms with E-state index in [1.165, 1.54) is 17.8 Å². The highest BCUT2D eigenvalue weighted by Gasteiger charge is 2.22. The molecule has 144 valence electrons. The lowest BCUT2D eigenvalue weighted by molar-refractivity contribution is -0.115. The van der Waals surface area contributed by atoms with Crippen LogP contribution in [0.2, 0.25) is 5.02 Å². The molecule has 2 aromatic carbocycles. The molecule has 0 aliphatic heterocycles. The highest BCUT2D eigenvalue weighted by Crippen LogP contribution is 2.29. The molecule has 1 heterocycles. The molecule has 3 aromatic rings. The smallest absolute Gasteiger partial charge is 0.237 e. The van der Waals surface area contributed by atoms with E-state index in [4.69, 9.17) is 11.6 Å². The van der Waals surface area contributed by atoms with Crippen LogP contribution in [0.4, 0.5) is 10.1 Å². The molecular formula is C20H18ClFN4OS. The average molecular weight is 417 g/mol. The summed E-state index contributed by atoms with van der Waals surface area (Å²) in [7, 11) is 0. The van der Waals surface area contributed by atoms with Gasteiger partial charge in [-0.05, 0) is 31.2 Å². The fourth-order valence-corrected chi connectivity index (χ4v) is 3.56. The van der Waals surface area contributed by atoms with Crippen LogP contribution in [0.3, 0.4) is 0 Å². The second kappa shape index (κ2) is 9.03. The first-order valence-corrected chi connectivity index (χ1v) is 9.78. The van der Waals surface area contributed by atoms with Crippen LogP contribution < -0.4 is 5.32 Å². The van der Waals surface area contributed by atoms with Gasteiger partial charge < -0.3 is 5.32 Å². The third-order valence-corrected chi connectivity index (χ3v) is 5.34. The second-order valence-electron chi connectivity index (χ2n) is 5.91. The van der Waals surface area contributed by atoms with Crippen molar-refractivity contribution >= 4 is 35.0 Å². The number of allylic oxidation sites excluding steroid dienone is 1. The van der Waals surface area contributed by atoms with Crippen LogP contribution in [0.25, 0.3) is 11.4 Å². The Hall–Kier alpha value is -2.64. The zero-order chi connectivity index (χ0) is 20.1. The highest BCUT2D eigenvalue weighted by atomic mass is 35.5. The summed E-state index contributed by atoms with van der Waals surface area (Å²) >= 11 is 7.32. The molecule has 0 aliphatic rings. The Balaban J connectivity index is 1.82. The molecule has 3 rings (SSSR count). The van der Waals surface area contributed by atoms with Crippen molar-refractivity contribution in [1.29, 1.82) is 0 Å². The summed E-state index contributed by atoms with van der Waals surface area (Å²) in [5.41, 5.74) is 0.887. The number of rotatable bonds is 7. The molecule has 5 nitrogen and oxygen atoms in total. The van der Waals surface area contributed by atoms with Crippen LogP contribution in [-0.4, -0.2) is 25.9 Å². The highest BCUT2D eigenvalue weighted by molar-refractivity contribution is 8.00. The Kier molecular flexibility index (Phi) is 6.49. The lowest BCUT2D eigenvalue weighted by atomic mass is 10.2. The third kappa shape index (κ3) is 4.43. The van der Waals surface area contributed by atoms with Gasteiger partial charge >= 0.3 is 0 Å². The number of para-hydroxylation sites is 1. The predicted octanol–water partition coefficient (Wildman–Crippen LogP) is 5.04. The van der Waals surface area contributed by atoms with Gasteiger partial charge in [0.15, 0.2) is 11.0 Å². The van der Waals surface area contributed by atoms with Crippen LogP contribution >= 0.6 is 23.4 Å². The lowest BCUT2D eigenvalue weighted by Gasteiger charge is -2.13. The van der Waals surface area contributed by atoms with E-state index in [9.17, 15) is 9.18 Å². The minimum atomic E-state index is -0.475. The standard InChI is InChI=1S/C20H18ClFN4OS/c1-3-12-26-18(14-8-4-6-10-16(14)22)24-25-20(26)28-13(2)19(27)23-17-11-7-5-9-15(17)21/h3-11,13H,1,12H2,2H3,(H,23,27). The largest absolute Gasteiger partial charge is 0.324 e. The summed E-state index contributed by atoms with van der Waals surface area (Å²) in [5, 5.41) is 11.6. The number of thioether (sulfide) groups is 1. The summed E-state index contributed by atoms with van der Waals surface area (Å²) in [6.45, 7) is 5.88. The molecule has 0 radical (unpaired) electrons. The molecule has 8 heteroatoms. The molecule has 0 saturated heterocycles. The second-order valence-corrected chi connectivity index (χ2v) is 7.63. The molecule has 1 atom stereocenters. The molecule has 1 unspecified atom stereocenters. The van der Waals surface area contributed by atoms with Crippen LogP contribution in [0, 0.1) is 5.82 Å². The van der Waals surface area contributed by atoms with E-state index in [1.807, 2.05) is 0 Å². The van der Waals surface area contributed by atoms with E-state index in [2.05, 4.69) is 22.1 Å². The van der Waals surface area contributed by atoms with Crippen molar-refractivity contribution in [2.24, 2.45) is 0 Å². The molecule has 0 spiro atoms. The Morgan fingerprint density at radius 1 is 1.29 bits per heavy atom. The maximum absolute atomic E-state index is 14.2. The summed E-state index contributed by atoms with van der Waals surface area (Å²) in [5.74, 6) is -0.223. The lowest BCUT2D eigenvalue weighted by Crippen LogP contribution is -2.23. The SMILES string of the molecule is C=CCn1c(SC(C)C(=O)Nc2ccccc2Cl)nnc1-c1ccccc1F. The zero-order valence-electron chi connectivity index (χ0n) is 15.1. The van der Waals surface area contributed by atoms with Gasteiger partial charge in [0.1, 0.15) is 5.82 Å². The van der Waals surface area contributed by atoms with Gasteiger partial charge in [0.2, 0.25) is 5.91 Å². The third-order valence-electron chi connectivity index (χ3n) is 3.93. The number of carbonyl (C=O) groups excluding carboxylic acids is 1. The number of aromatic nitrogens is 3. The first kappa shape index (κ1) is 20.1. The van der Waals surface area contributed by atoms with Crippen LogP contribution in [0.5, 0.6) is 0 Å². The topological polar surface area (TPSA) is 59.8 Å². The molecule has 0 aliphatic carbocycles. The first-order valence-electron chi connectivity index (χ1n) is 8.52. The average Bonchev–Trinajstić information content (AvgIpc) is 3.06. The normalized spacial score (nSPS) is 11.8. The van der Waals surface area contributed by atoms with Gasteiger partial charge in [-0.1, -0.05) is 53.7 Å². The number of hydrogen-bond donors (Lipinski definition) is 1. The van der Waals surface area contributed by atoms with E-state index in [0.29, 0.717) is 33.8 Å². The summed E-state index contributed by atoms with van der Waals surface area (Å²) in [6, 6.07) is 13.4. The number of halogens is 2. The molecule has 0 fully saturated rings.